The highest BCUT2D eigenvalue weighted by Gasteiger charge is 2.24. The van der Waals surface area contributed by atoms with Gasteiger partial charge in [-0.2, -0.15) is 0 Å². The van der Waals surface area contributed by atoms with Gasteiger partial charge in [-0.1, -0.05) is 48.5 Å². The van der Waals surface area contributed by atoms with Gasteiger partial charge in [-0.3, -0.25) is 4.79 Å². The van der Waals surface area contributed by atoms with Gasteiger partial charge in [0.25, 0.3) is 0 Å². The SMILES string of the molecule is O=C(c1ccc2c(c1)-c1ccccc1CO2)c1cc2c(cc1O)OCc1ccccc1-2. The molecule has 0 fully saturated rings. The smallest absolute Gasteiger partial charge is 0.196 e. The normalized spacial score (nSPS) is 13.0. The minimum Gasteiger partial charge on any atom is -0.507 e. The molecule has 0 aliphatic carbocycles. The average molecular weight is 406 g/mol. The van der Waals surface area contributed by atoms with Crippen molar-refractivity contribution in [2.45, 2.75) is 13.2 Å². The standard InChI is InChI=1S/C27H18O4/c28-24-13-26-22(20-8-4-2-6-18(20)15-31-26)12-23(24)27(29)16-9-10-25-21(11-16)19-7-3-1-5-17(19)14-30-25/h1-13,28H,14-15H2. The fraction of sp³-hybridized carbons (Fsp3) is 0.0741. The number of ether oxygens (including phenoxy) is 2. The molecule has 0 atom stereocenters. The molecule has 0 spiro atoms. The van der Waals surface area contributed by atoms with Crippen LogP contribution < -0.4 is 9.47 Å². The maximum Gasteiger partial charge on any atom is 0.196 e. The molecule has 4 aromatic carbocycles. The first-order valence-electron chi connectivity index (χ1n) is 10.2. The monoisotopic (exact) mass is 406 g/mol. The van der Waals surface area contributed by atoms with Crippen molar-refractivity contribution in [1.29, 1.82) is 0 Å². The Labute approximate surface area is 179 Å². The van der Waals surface area contributed by atoms with Crippen LogP contribution in [0.3, 0.4) is 0 Å². The van der Waals surface area contributed by atoms with E-state index in [-0.39, 0.29) is 17.1 Å². The summed E-state index contributed by atoms with van der Waals surface area (Å²) in [6, 6.07) is 24.7. The molecule has 0 aromatic heterocycles. The van der Waals surface area contributed by atoms with E-state index in [2.05, 4.69) is 0 Å². The Balaban J connectivity index is 1.46. The molecule has 2 aliphatic rings. The summed E-state index contributed by atoms with van der Waals surface area (Å²) in [5.41, 5.74) is 6.68. The molecule has 31 heavy (non-hydrogen) atoms. The van der Waals surface area contributed by atoms with Crippen molar-refractivity contribution < 1.29 is 19.4 Å². The van der Waals surface area contributed by atoms with Crippen LogP contribution in [0.15, 0.2) is 78.9 Å². The highest BCUT2D eigenvalue weighted by molar-refractivity contribution is 6.12. The lowest BCUT2D eigenvalue weighted by Crippen LogP contribution is -2.09. The molecular weight excluding hydrogens is 388 g/mol. The van der Waals surface area contributed by atoms with Crippen molar-refractivity contribution in [3.8, 4) is 39.5 Å². The molecule has 2 heterocycles. The Morgan fingerprint density at radius 1 is 0.677 bits per heavy atom. The van der Waals surface area contributed by atoms with Crippen LogP contribution in [0, 0.1) is 0 Å². The Bertz CT molecular complexity index is 1370. The van der Waals surface area contributed by atoms with Crippen LogP contribution in [-0.2, 0) is 13.2 Å². The summed E-state index contributed by atoms with van der Waals surface area (Å²) >= 11 is 0. The van der Waals surface area contributed by atoms with Crippen LogP contribution in [-0.4, -0.2) is 10.9 Å². The van der Waals surface area contributed by atoms with Crippen molar-refractivity contribution in [3.63, 3.8) is 0 Å². The lowest BCUT2D eigenvalue weighted by molar-refractivity contribution is 0.103. The van der Waals surface area contributed by atoms with Gasteiger partial charge >= 0.3 is 0 Å². The van der Waals surface area contributed by atoms with Gasteiger partial charge in [0.15, 0.2) is 5.78 Å². The average Bonchev–Trinajstić information content (AvgIpc) is 2.82. The molecule has 0 radical (unpaired) electrons. The quantitative estimate of drug-likeness (QED) is 0.431. The van der Waals surface area contributed by atoms with E-state index in [4.69, 9.17) is 9.47 Å². The van der Waals surface area contributed by atoms with Crippen LogP contribution in [0.5, 0.6) is 17.2 Å². The van der Waals surface area contributed by atoms with E-state index >= 15 is 0 Å². The Kier molecular flexibility index (Phi) is 3.87. The molecule has 2 aliphatic heterocycles. The molecule has 4 heteroatoms. The summed E-state index contributed by atoms with van der Waals surface area (Å²) < 4.78 is 11.6. The van der Waals surface area contributed by atoms with E-state index in [9.17, 15) is 9.90 Å². The highest BCUT2D eigenvalue weighted by atomic mass is 16.5. The number of ketones is 1. The minimum absolute atomic E-state index is 0.0856. The summed E-state index contributed by atoms with van der Waals surface area (Å²) in [6.45, 7) is 0.960. The molecule has 150 valence electrons. The van der Waals surface area contributed by atoms with Gasteiger partial charge in [-0.25, -0.2) is 0 Å². The summed E-state index contributed by atoms with van der Waals surface area (Å²) in [6.07, 6.45) is 0. The lowest BCUT2D eigenvalue weighted by atomic mass is 9.91. The molecule has 1 N–H and O–H groups in total. The molecule has 4 aromatic rings. The predicted molar refractivity (Wildman–Crippen MR) is 118 cm³/mol. The second-order valence-electron chi connectivity index (χ2n) is 7.80. The van der Waals surface area contributed by atoms with Gasteiger partial charge in [0.2, 0.25) is 0 Å². The van der Waals surface area contributed by atoms with Crippen molar-refractivity contribution in [2.24, 2.45) is 0 Å². The van der Waals surface area contributed by atoms with E-state index in [1.54, 1.807) is 12.1 Å². The summed E-state index contributed by atoms with van der Waals surface area (Å²) in [5, 5.41) is 10.6. The molecular formula is C27H18O4. The number of phenols is 1. The first-order chi connectivity index (χ1) is 15.2. The van der Waals surface area contributed by atoms with Crippen molar-refractivity contribution in [3.05, 3.63) is 101 Å². The summed E-state index contributed by atoms with van der Waals surface area (Å²) in [4.78, 5) is 13.4. The molecule has 0 saturated heterocycles. The van der Waals surface area contributed by atoms with Crippen LogP contribution in [0.25, 0.3) is 22.3 Å². The van der Waals surface area contributed by atoms with Gasteiger partial charge in [0, 0.05) is 22.8 Å². The summed E-state index contributed by atoms with van der Waals surface area (Å²) in [5.74, 6) is 1.01. The zero-order valence-corrected chi connectivity index (χ0v) is 16.6. The number of carbonyl (C=O) groups excluding carboxylic acids is 1. The number of benzene rings is 4. The third-order valence-electron chi connectivity index (χ3n) is 5.97. The van der Waals surface area contributed by atoms with Crippen molar-refractivity contribution >= 4 is 5.78 Å². The van der Waals surface area contributed by atoms with E-state index in [0.717, 1.165) is 39.1 Å². The topological polar surface area (TPSA) is 55.8 Å². The molecule has 0 amide bonds. The van der Waals surface area contributed by atoms with Crippen molar-refractivity contribution in [1.82, 2.24) is 0 Å². The number of hydrogen-bond donors (Lipinski definition) is 1. The van der Waals surface area contributed by atoms with E-state index in [0.29, 0.717) is 24.5 Å². The second-order valence-corrected chi connectivity index (χ2v) is 7.80. The van der Waals surface area contributed by atoms with Gasteiger partial charge in [0.1, 0.15) is 30.5 Å². The van der Waals surface area contributed by atoms with Gasteiger partial charge in [-0.15, -0.1) is 0 Å². The number of carbonyl (C=O) groups is 1. The van der Waals surface area contributed by atoms with Gasteiger partial charge < -0.3 is 14.6 Å². The van der Waals surface area contributed by atoms with Crippen molar-refractivity contribution in [2.75, 3.05) is 0 Å². The number of rotatable bonds is 2. The third kappa shape index (κ3) is 2.80. The first kappa shape index (κ1) is 17.8. The van der Waals surface area contributed by atoms with Crippen LogP contribution >= 0.6 is 0 Å². The number of aromatic hydroxyl groups is 1. The van der Waals surface area contributed by atoms with E-state index < -0.39 is 0 Å². The maximum absolute atomic E-state index is 13.4. The van der Waals surface area contributed by atoms with E-state index in [1.807, 2.05) is 60.7 Å². The van der Waals surface area contributed by atoms with E-state index in [1.165, 1.54) is 6.07 Å². The summed E-state index contributed by atoms with van der Waals surface area (Å²) in [7, 11) is 0. The first-order valence-corrected chi connectivity index (χ1v) is 10.2. The molecule has 0 bridgehead atoms. The Morgan fingerprint density at radius 3 is 2.00 bits per heavy atom. The number of hydrogen-bond acceptors (Lipinski definition) is 4. The molecule has 6 rings (SSSR count). The predicted octanol–water partition coefficient (Wildman–Crippen LogP) is 5.74. The fourth-order valence-corrected chi connectivity index (χ4v) is 4.37. The molecule has 0 saturated carbocycles. The Hall–Kier alpha value is -4.05. The van der Waals surface area contributed by atoms with Crippen LogP contribution in [0.4, 0.5) is 0 Å². The molecule has 0 unspecified atom stereocenters. The largest absolute Gasteiger partial charge is 0.507 e. The maximum atomic E-state index is 13.4. The highest BCUT2D eigenvalue weighted by Crippen LogP contribution is 2.42. The van der Waals surface area contributed by atoms with Gasteiger partial charge in [0.05, 0.1) is 5.56 Å². The Morgan fingerprint density at radius 2 is 1.29 bits per heavy atom. The lowest BCUT2D eigenvalue weighted by Gasteiger charge is -2.22. The number of fused-ring (bicyclic) bond motifs is 6. The number of phenolic OH excluding ortho intramolecular Hbond substituents is 1. The third-order valence-corrected chi connectivity index (χ3v) is 5.97. The zero-order valence-electron chi connectivity index (χ0n) is 16.6. The minimum atomic E-state index is -0.241. The van der Waals surface area contributed by atoms with Gasteiger partial charge in [-0.05, 0) is 46.5 Å². The fourth-order valence-electron chi connectivity index (χ4n) is 4.37. The zero-order chi connectivity index (χ0) is 20.9. The molecule has 4 nitrogen and oxygen atoms in total. The van der Waals surface area contributed by atoms with Crippen LogP contribution in [0.1, 0.15) is 27.0 Å². The second kappa shape index (κ2) is 6.74. The van der Waals surface area contributed by atoms with Crippen LogP contribution in [0.2, 0.25) is 0 Å².